The third-order valence-corrected chi connectivity index (χ3v) is 3.47. The largest absolute Gasteiger partial charge is 0.376 e. The molecule has 0 spiro atoms. The minimum absolute atomic E-state index is 0.558. The summed E-state index contributed by atoms with van der Waals surface area (Å²) < 4.78 is 2.49. The summed E-state index contributed by atoms with van der Waals surface area (Å²) in [6, 6.07) is 11.9. The van der Waals surface area contributed by atoms with Crippen molar-refractivity contribution in [2.45, 2.75) is 0 Å². The molecular weight excluding hydrogens is 282 g/mol. The van der Waals surface area contributed by atoms with E-state index >= 15 is 0 Å². The second-order valence-electron chi connectivity index (χ2n) is 4.81. The maximum Gasteiger partial charge on any atom is 0.200 e. The Kier molecular flexibility index (Phi) is 3.53. The molecule has 0 atom stereocenters. The third kappa shape index (κ3) is 2.45. The van der Waals surface area contributed by atoms with E-state index in [9.17, 15) is 0 Å². The zero-order chi connectivity index (χ0) is 14.8. The van der Waals surface area contributed by atoms with Crippen LogP contribution in [0.15, 0.2) is 48.8 Å². The van der Waals surface area contributed by atoms with Crippen LogP contribution in [-0.4, -0.2) is 33.8 Å². The average molecular weight is 297 g/mol. The van der Waals surface area contributed by atoms with Crippen LogP contribution in [0.5, 0.6) is 0 Å². The summed E-state index contributed by atoms with van der Waals surface area (Å²) in [5.41, 5.74) is 2.97. The highest BCUT2D eigenvalue weighted by molar-refractivity contribution is 7.71. The van der Waals surface area contributed by atoms with Gasteiger partial charge in [-0.15, -0.1) is 0 Å². The fourth-order valence-electron chi connectivity index (χ4n) is 2.24. The topological polar surface area (TPSA) is 49.7 Å². The zero-order valence-electron chi connectivity index (χ0n) is 11.8. The first-order chi connectivity index (χ1) is 10.2. The number of hydrogen-bond acceptors (Lipinski definition) is 4. The zero-order valence-corrected chi connectivity index (χ0v) is 12.6. The van der Waals surface area contributed by atoms with Crippen molar-refractivity contribution in [3.05, 3.63) is 53.6 Å². The smallest absolute Gasteiger partial charge is 0.200 e. The van der Waals surface area contributed by atoms with E-state index in [4.69, 9.17) is 12.2 Å². The van der Waals surface area contributed by atoms with Gasteiger partial charge in [0.05, 0.1) is 11.4 Å². The van der Waals surface area contributed by atoms with Crippen molar-refractivity contribution in [3.8, 4) is 17.1 Å². The summed E-state index contributed by atoms with van der Waals surface area (Å²) >= 11 is 5.41. The predicted octanol–water partition coefficient (Wildman–Crippen LogP) is 3.06. The molecule has 0 saturated heterocycles. The summed E-state index contributed by atoms with van der Waals surface area (Å²) in [4.78, 5) is 6.20. The van der Waals surface area contributed by atoms with Crippen LogP contribution in [0.3, 0.4) is 0 Å². The first kappa shape index (κ1) is 13.5. The maximum absolute atomic E-state index is 5.41. The van der Waals surface area contributed by atoms with E-state index in [-0.39, 0.29) is 0 Å². The van der Waals surface area contributed by atoms with Gasteiger partial charge < -0.3 is 4.90 Å². The van der Waals surface area contributed by atoms with Gasteiger partial charge in [0.1, 0.15) is 0 Å². The molecule has 1 N–H and O–H groups in total. The number of para-hydroxylation sites is 2. The molecule has 6 heteroatoms. The van der Waals surface area contributed by atoms with Crippen molar-refractivity contribution in [2.24, 2.45) is 0 Å². The molecule has 21 heavy (non-hydrogen) atoms. The lowest BCUT2D eigenvalue weighted by Crippen LogP contribution is -2.12. The summed E-state index contributed by atoms with van der Waals surface area (Å²) in [5, 5.41) is 7.22. The van der Waals surface area contributed by atoms with E-state index in [1.165, 1.54) is 0 Å². The van der Waals surface area contributed by atoms with Crippen LogP contribution in [0.25, 0.3) is 17.1 Å². The van der Waals surface area contributed by atoms with Crippen LogP contribution in [-0.2, 0) is 0 Å². The van der Waals surface area contributed by atoms with Crippen molar-refractivity contribution in [1.82, 2.24) is 19.7 Å². The second-order valence-corrected chi connectivity index (χ2v) is 5.20. The Morgan fingerprint density at radius 2 is 1.95 bits per heavy atom. The van der Waals surface area contributed by atoms with Gasteiger partial charge in [0.15, 0.2) is 10.6 Å². The van der Waals surface area contributed by atoms with Gasteiger partial charge >= 0.3 is 0 Å². The van der Waals surface area contributed by atoms with Crippen molar-refractivity contribution in [2.75, 3.05) is 19.0 Å². The van der Waals surface area contributed by atoms with Crippen molar-refractivity contribution in [3.63, 3.8) is 0 Å². The van der Waals surface area contributed by atoms with Crippen molar-refractivity contribution in [1.29, 1.82) is 0 Å². The minimum Gasteiger partial charge on any atom is -0.376 e. The van der Waals surface area contributed by atoms with E-state index in [0.717, 1.165) is 22.8 Å². The van der Waals surface area contributed by atoms with Gasteiger partial charge in [-0.1, -0.05) is 12.1 Å². The Morgan fingerprint density at radius 1 is 1.14 bits per heavy atom. The Bertz CT molecular complexity index is 804. The monoisotopic (exact) mass is 297 g/mol. The minimum atomic E-state index is 0.558. The fourth-order valence-corrected chi connectivity index (χ4v) is 2.47. The summed E-state index contributed by atoms with van der Waals surface area (Å²) in [6.07, 6.45) is 3.52. The number of anilines is 1. The standard InChI is InChI=1S/C15H15N5S/c1-19(2)12-7-3-4-8-13(12)20-14(17-18-15(20)21)11-6-5-9-16-10-11/h3-10H,1-2H3,(H,18,21). The number of pyridine rings is 1. The molecule has 2 aromatic heterocycles. The molecule has 5 nitrogen and oxygen atoms in total. The molecule has 1 aromatic carbocycles. The Morgan fingerprint density at radius 3 is 2.67 bits per heavy atom. The molecule has 3 aromatic rings. The van der Waals surface area contributed by atoms with E-state index in [1.807, 2.05) is 49.0 Å². The number of hydrogen-bond donors (Lipinski definition) is 1. The van der Waals surface area contributed by atoms with Gasteiger partial charge in [0.25, 0.3) is 0 Å². The molecule has 106 valence electrons. The SMILES string of the molecule is CN(C)c1ccccc1-n1c(-c2cccnc2)n[nH]c1=S. The first-order valence-corrected chi connectivity index (χ1v) is 6.94. The lowest BCUT2D eigenvalue weighted by atomic mass is 10.2. The Balaban J connectivity index is 2.26. The number of aromatic amines is 1. The van der Waals surface area contributed by atoms with Gasteiger partial charge in [0, 0.05) is 32.1 Å². The molecule has 0 radical (unpaired) electrons. The molecule has 0 aliphatic rings. The Labute approximate surface area is 127 Å². The number of nitrogens with zero attached hydrogens (tertiary/aromatic N) is 4. The van der Waals surface area contributed by atoms with Crippen LogP contribution in [0.1, 0.15) is 0 Å². The van der Waals surface area contributed by atoms with Crippen molar-refractivity contribution < 1.29 is 0 Å². The van der Waals surface area contributed by atoms with E-state index in [0.29, 0.717) is 4.77 Å². The van der Waals surface area contributed by atoms with Crippen LogP contribution in [0.2, 0.25) is 0 Å². The average Bonchev–Trinajstić information content (AvgIpc) is 2.89. The lowest BCUT2D eigenvalue weighted by molar-refractivity contribution is 1.01. The first-order valence-electron chi connectivity index (χ1n) is 6.53. The van der Waals surface area contributed by atoms with Gasteiger partial charge in [-0.05, 0) is 36.5 Å². The molecule has 0 aliphatic heterocycles. The quantitative estimate of drug-likeness (QED) is 0.755. The second kappa shape index (κ2) is 5.49. The molecule has 3 rings (SSSR count). The summed E-state index contributed by atoms with van der Waals surface area (Å²) in [7, 11) is 4.01. The molecular formula is C15H15N5S. The fraction of sp³-hybridized carbons (Fsp3) is 0.133. The number of H-pyrrole nitrogens is 1. The van der Waals surface area contributed by atoms with Gasteiger partial charge in [-0.2, -0.15) is 5.10 Å². The number of rotatable bonds is 3. The van der Waals surface area contributed by atoms with E-state index in [2.05, 4.69) is 26.1 Å². The molecule has 2 heterocycles. The van der Waals surface area contributed by atoms with Crippen molar-refractivity contribution >= 4 is 17.9 Å². The molecule has 0 fully saturated rings. The number of benzene rings is 1. The highest BCUT2D eigenvalue weighted by Gasteiger charge is 2.14. The van der Waals surface area contributed by atoms with Crippen LogP contribution in [0.4, 0.5) is 5.69 Å². The third-order valence-electron chi connectivity index (χ3n) is 3.20. The molecule has 0 saturated carbocycles. The number of nitrogens with one attached hydrogen (secondary N) is 1. The van der Waals surface area contributed by atoms with Gasteiger partial charge in [-0.3, -0.25) is 14.6 Å². The summed E-state index contributed by atoms with van der Waals surface area (Å²) in [6.45, 7) is 0. The molecule has 0 aliphatic carbocycles. The van der Waals surface area contributed by atoms with Crippen LogP contribution < -0.4 is 4.90 Å². The van der Waals surface area contributed by atoms with E-state index in [1.54, 1.807) is 12.4 Å². The van der Waals surface area contributed by atoms with Crippen LogP contribution in [0, 0.1) is 4.77 Å². The lowest BCUT2D eigenvalue weighted by Gasteiger charge is -2.18. The Hall–Kier alpha value is -2.47. The predicted molar refractivity (Wildman–Crippen MR) is 86.3 cm³/mol. The van der Waals surface area contributed by atoms with Gasteiger partial charge in [-0.25, -0.2) is 0 Å². The van der Waals surface area contributed by atoms with E-state index < -0.39 is 0 Å². The highest BCUT2D eigenvalue weighted by atomic mass is 32.1. The highest BCUT2D eigenvalue weighted by Crippen LogP contribution is 2.27. The molecule has 0 amide bonds. The maximum atomic E-state index is 5.41. The number of aromatic nitrogens is 4. The molecule has 0 unspecified atom stereocenters. The van der Waals surface area contributed by atoms with Crippen LogP contribution >= 0.6 is 12.2 Å². The normalized spacial score (nSPS) is 10.6. The summed E-state index contributed by atoms with van der Waals surface area (Å²) in [5.74, 6) is 0.752. The molecule has 0 bridgehead atoms. The van der Waals surface area contributed by atoms with Gasteiger partial charge in [0.2, 0.25) is 0 Å².